The lowest BCUT2D eigenvalue weighted by atomic mass is 10.1. The zero-order valence-corrected chi connectivity index (χ0v) is 11.9. The topological polar surface area (TPSA) is 63.6 Å². The van der Waals surface area contributed by atoms with E-state index in [1.54, 1.807) is 31.2 Å². The number of aliphatic hydroxyl groups is 1. The molecule has 3 atom stereocenters. The van der Waals surface area contributed by atoms with Gasteiger partial charge in [-0.05, 0) is 31.9 Å². The fourth-order valence-corrected chi connectivity index (χ4v) is 4.89. The summed E-state index contributed by atoms with van der Waals surface area (Å²) in [5.41, 5.74) is 0. The van der Waals surface area contributed by atoms with Crippen LogP contribution in [0.2, 0.25) is 0 Å². The molecular formula is C14H19O4P. The molecule has 19 heavy (non-hydrogen) atoms. The van der Waals surface area contributed by atoms with Gasteiger partial charge in [0.05, 0.1) is 12.5 Å². The Morgan fingerprint density at radius 3 is 2.63 bits per heavy atom. The third-order valence-electron chi connectivity index (χ3n) is 3.50. The zero-order chi connectivity index (χ0) is 13.9. The standard InChI is InChI=1S/C14H19O4P/c1-2-18-19(17,11-7-4-3-5-8-11)14(16)12-9-6-10-13(12)15/h3-5,7-8,12,14,16H,2,6,9-10H2,1H3/t12-,14-,19-/m0/s1. The normalized spacial score (nSPS) is 24.1. The molecule has 0 aliphatic heterocycles. The summed E-state index contributed by atoms with van der Waals surface area (Å²) in [6, 6.07) is 8.68. The summed E-state index contributed by atoms with van der Waals surface area (Å²) in [6.45, 7) is 1.98. The highest BCUT2D eigenvalue weighted by atomic mass is 31.2. The minimum absolute atomic E-state index is 0.0108. The van der Waals surface area contributed by atoms with Crippen molar-refractivity contribution in [2.24, 2.45) is 5.92 Å². The van der Waals surface area contributed by atoms with Gasteiger partial charge in [-0.1, -0.05) is 18.2 Å². The average Bonchev–Trinajstić information content (AvgIpc) is 2.85. The number of carbonyl (C=O) groups excluding carboxylic acids is 1. The van der Waals surface area contributed by atoms with Crippen LogP contribution in [-0.2, 0) is 13.9 Å². The lowest BCUT2D eigenvalue weighted by Crippen LogP contribution is -2.29. The molecule has 1 N–H and O–H groups in total. The van der Waals surface area contributed by atoms with E-state index in [0.717, 1.165) is 6.42 Å². The lowest BCUT2D eigenvalue weighted by Gasteiger charge is -2.26. The van der Waals surface area contributed by atoms with Crippen molar-refractivity contribution in [1.29, 1.82) is 0 Å². The Hall–Kier alpha value is -0.960. The van der Waals surface area contributed by atoms with Crippen LogP contribution in [0.4, 0.5) is 0 Å². The Balaban J connectivity index is 2.34. The molecule has 104 valence electrons. The highest BCUT2D eigenvalue weighted by Crippen LogP contribution is 2.54. The first-order valence-corrected chi connectivity index (χ1v) is 8.29. The number of hydrogen-bond acceptors (Lipinski definition) is 4. The van der Waals surface area contributed by atoms with Crippen LogP contribution in [0.5, 0.6) is 0 Å². The van der Waals surface area contributed by atoms with E-state index in [9.17, 15) is 14.5 Å². The maximum Gasteiger partial charge on any atom is 0.260 e. The number of aliphatic hydroxyl groups excluding tert-OH is 1. The molecule has 2 rings (SSSR count). The monoisotopic (exact) mass is 282 g/mol. The lowest BCUT2D eigenvalue weighted by molar-refractivity contribution is -0.122. The van der Waals surface area contributed by atoms with Crippen molar-refractivity contribution in [3.05, 3.63) is 30.3 Å². The van der Waals surface area contributed by atoms with Gasteiger partial charge in [-0.3, -0.25) is 9.36 Å². The van der Waals surface area contributed by atoms with Crippen LogP contribution in [0.25, 0.3) is 0 Å². The van der Waals surface area contributed by atoms with Gasteiger partial charge in [-0.15, -0.1) is 0 Å². The molecule has 1 aromatic rings. The molecule has 0 unspecified atom stereocenters. The van der Waals surface area contributed by atoms with E-state index < -0.39 is 19.1 Å². The van der Waals surface area contributed by atoms with E-state index in [-0.39, 0.29) is 12.4 Å². The molecule has 0 aromatic heterocycles. The predicted molar refractivity (Wildman–Crippen MR) is 73.7 cm³/mol. The Bertz CT molecular complexity index is 485. The highest BCUT2D eigenvalue weighted by Gasteiger charge is 2.44. The van der Waals surface area contributed by atoms with Crippen molar-refractivity contribution in [2.75, 3.05) is 6.61 Å². The Kier molecular flexibility index (Phi) is 4.56. The molecule has 5 heteroatoms. The van der Waals surface area contributed by atoms with Gasteiger partial charge in [-0.2, -0.15) is 0 Å². The number of hydrogen-bond donors (Lipinski definition) is 1. The number of benzene rings is 1. The second-order valence-corrected chi connectivity index (χ2v) is 7.23. The van der Waals surface area contributed by atoms with Gasteiger partial charge in [0, 0.05) is 11.7 Å². The van der Waals surface area contributed by atoms with Crippen LogP contribution in [0.3, 0.4) is 0 Å². The molecule has 4 nitrogen and oxygen atoms in total. The van der Waals surface area contributed by atoms with Gasteiger partial charge in [0.25, 0.3) is 7.37 Å². The fraction of sp³-hybridized carbons (Fsp3) is 0.500. The minimum Gasteiger partial charge on any atom is -0.382 e. The molecule has 0 heterocycles. The van der Waals surface area contributed by atoms with Gasteiger partial charge < -0.3 is 9.63 Å². The molecule has 0 radical (unpaired) electrons. The minimum atomic E-state index is -3.41. The largest absolute Gasteiger partial charge is 0.382 e. The van der Waals surface area contributed by atoms with Crippen molar-refractivity contribution in [1.82, 2.24) is 0 Å². The van der Waals surface area contributed by atoms with Crippen molar-refractivity contribution >= 4 is 18.5 Å². The molecule has 0 saturated heterocycles. The summed E-state index contributed by atoms with van der Waals surface area (Å²) < 4.78 is 18.4. The molecule has 1 aromatic carbocycles. The number of rotatable bonds is 5. The summed E-state index contributed by atoms with van der Waals surface area (Å²) >= 11 is 0. The Morgan fingerprint density at radius 1 is 1.42 bits per heavy atom. The summed E-state index contributed by atoms with van der Waals surface area (Å²) in [4.78, 5) is 11.8. The molecular weight excluding hydrogens is 263 g/mol. The molecule has 1 fully saturated rings. The summed E-state index contributed by atoms with van der Waals surface area (Å²) in [5.74, 6) is -1.80. The van der Waals surface area contributed by atoms with E-state index in [1.165, 1.54) is 0 Å². The number of carbonyl (C=O) groups is 1. The molecule has 1 aliphatic carbocycles. The quantitative estimate of drug-likeness (QED) is 0.842. The Morgan fingerprint density at radius 2 is 2.11 bits per heavy atom. The average molecular weight is 282 g/mol. The third kappa shape index (κ3) is 2.81. The highest BCUT2D eigenvalue weighted by molar-refractivity contribution is 7.67. The van der Waals surface area contributed by atoms with Crippen LogP contribution < -0.4 is 5.30 Å². The first-order valence-electron chi connectivity index (χ1n) is 6.60. The second-order valence-electron chi connectivity index (χ2n) is 4.73. The van der Waals surface area contributed by atoms with E-state index in [2.05, 4.69) is 0 Å². The fourth-order valence-electron chi connectivity index (χ4n) is 2.53. The molecule has 0 bridgehead atoms. The summed E-state index contributed by atoms with van der Waals surface area (Å²) in [7, 11) is -3.41. The van der Waals surface area contributed by atoms with Crippen LogP contribution in [-0.4, -0.2) is 23.3 Å². The molecule has 1 saturated carbocycles. The second kappa shape index (κ2) is 6.00. The SMILES string of the molecule is CCO[P@@](=O)(c1ccccc1)[C@H](O)[C@H]1CCCC1=O. The third-order valence-corrected chi connectivity index (χ3v) is 6.21. The summed E-state index contributed by atoms with van der Waals surface area (Å²) in [6.07, 6.45) is 1.80. The number of Topliss-reactive ketones (excluding diaryl/α,β-unsaturated/α-hetero) is 1. The van der Waals surface area contributed by atoms with Crippen LogP contribution in [0, 0.1) is 5.92 Å². The molecule has 0 amide bonds. The van der Waals surface area contributed by atoms with Gasteiger partial charge in [0.1, 0.15) is 11.6 Å². The molecule has 1 aliphatic rings. The van der Waals surface area contributed by atoms with E-state index in [0.29, 0.717) is 18.1 Å². The van der Waals surface area contributed by atoms with Crippen LogP contribution in [0.15, 0.2) is 30.3 Å². The Labute approximate surface area is 113 Å². The van der Waals surface area contributed by atoms with Crippen LogP contribution in [0.1, 0.15) is 26.2 Å². The maximum atomic E-state index is 13.0. The van der Waals surface area contributed by atoms with Gasteiger partial charge in [0.2, 0.25) is 0 Å². The van der Waals surface area contributed by atoms with Gasteiger partial charge >= 0.3 is 0 Å². The number of ketones is 1. The van der Waals surface area contributed by atoms with Crippen molar-refractivity contribution in [2.45, 2.75) is 32.0 Å². The molecule has 0 spiro atoms. The maximum absolute atomic E-state index is 13.0. The first-order chi connectivity index (χ1) is 9.09. The van der Waals surface area contributed by atoms with Gasteiger partial charge in [0.15, 0.2) is 0 Å². The predicted octanol–water partition coefficient (Wildman–Crippen LogP) is 2.31. The van der Waals surface area contributed by atoms with Crippen LogP contribution >= 0.6 is 7.37 Å². The zero-order valence-electron chi connectivity index (χ0n) is 11.0. The van der Waals surface area contributed by atoms with Crippen molar-refractivity contribution < 1.29 is 19.0 Å². The van der Waals surface area contributed by atoms with Crippen molar-refractivity contribution in [3.63, 3.8) is 0 Å². The van der Waals surface area contributed by atoms with E-state index in [4.69, 9.17) is 4.52 Å². The van der Waals surface area contributed by atoms with Crippen molar-refractivity contribution in [3.8, 4) is 0 Å². The smallest absolute Gasteiger partial charge is 0.260 e. The van der Waals surface area contributed by atoms with Gasteiger partial charge in [-0.25, -0.2) is 0 Å². The van der Waals surface area contributed by atoms with E-state index >= 15 is 0 Å². The van der Waals surface area contributed by atoms with E-state index in [1.807, 2.05) is 6.07 Å². The first kappa shape index (κ1) is 14.4. The summed E-state index contributed by atoms with van der Waals surface area (Å²) in [5, 5.41) is 10.9.